The van der Waals surface area contributed by atoms with Crippen molar-refractivity contribution >= 4 is 30.5 Å². The molecule has 1 fully saturated rings. The van der Waals surface area contributed by atoms with Crippen LogP contribution in [0.2, 0.25) is 19.6 Å². The van der Waals surface area contributed by atoms with E-state index in [4.69, 9.17) is 10.5 Å². The third-order valence-corrected chi connectivity index (χ3v) is 9.44. The number of aromatic nitrogens is 4. The quantitative estimate of drug-likeness (QED) is 0.452. The van der Waals surface area contributed by atoms with Crippen LogP contribution in [0.5, 0.6) is 0 Å². The Morgan fingerprint density at radius 2 is 2.06 bits per heavy atom. The highest BCUT2D eigenvalue weighted by Gasteiger charge is 2.29. The zero-order valence-corrected chi connectivity index (χ0v) is 21.5. The van der Waals surface area contributed by atoms with Crippen molar-refractivity contribution in [3.05, 3.63) is 30.2 Å². The molecule has 4 N–H and O–H groups in total. The fraction of sp³-hybridized carbons (Fsp3) is 0.542. The predicted octanol–water partition coefficient (Wildman–Crippen LogP) is 3.96. The molecule has 33 heavy (non-hydrogen) atoms. The molecule has 0 saturated carbocycles. The first-order valence-corrected chi connectivity index (χ1v) is 15.5. The minimum atomic E-state index is -1.47. The van der Waals surface area contributed by atoms with Crippen molar-refractivity contribution < 1.29 is 4.74 Å². The van der Waals surface area contributed by atoms with Crippen molar-refractivity contribution in [1.82, 2.24) is 25.5 Å². The van der Waals surface area contributed by atoms with Gasteiger partial charge in [-0.15, -0.1) is 0 Å². The lowest BCUT2D eigenvalue weighted by atomic mass is 9.97. The van der Waals surface area contributed by atoms with Crippen molar-refractivity contribution in [2.45, 2.75) is 64.7 Å². The van der Waals surface area contributed by atoms with E-state index >= 15 is 0 Å². The second-order valence-corrected chi connectivity index (χ2v) is 15.6. The van der Waals surface area contributed by atoms with Crippen LogP contribution < -0.4 is 16.0 Å². The molecule has 0 amide bonds. The zero-order valence-electron chi connectivity index (χ0n) is 20.5. The number of benzene rings is 1. The molecule has 178 valence electrons. The maximum atomic E-state index is 6.55. The summed E-state index contributed by atoms with van der Waals surface area (Å²) >= 11 is 0. The monoisotopic (exact) mass is 467 g/mol. The number of hydrogen-bond donors (Lipinski definition) is 3. The predicted molar refractivity (Wildman–Crippen MR) is 138 cm³/mol. The van der Waals surface area contributed by atoms with Crippen molar-refractivity contribution in [2.24, 2.45) is 0 Å². The number of hydrogen-bond acceptors (Lipinski definition) is 7. The summed E-state index contributed by atoms with van der Waals surface area (Å²) in [5.41, 5.74) is 11.4. The Balaban J connectivity index is 1.93. The number of nitrogens with one attached hydrogen (secondary N) is 2. The Morgan fingerprint density at radius 3 is 2.79 bits per heavy atom. The Labute approximate surface area is 197 Å². The lowest BCUT2D eigenvalue weighted by molar-refractivity contribution is 0.0983. The summed E-state index contributed by atoms with van der Waals surface area (Å²) in [7, 11) is -1.47. The largest absolute Gasteiger partial charge is 0.382 e. The van der Waals surface area contributed by atoms with E-state index in [1.807, 2.05) is 6.20 Å². The van der Waals surface area contributed by atoms with Gasteiger partial charge in [0.25, 0.3) is 0 Å². The van der Waals surface area contributed by atoms with Gasteiger partial charge in [0.15, 0.2) is 0 Å². The van der Waals surface area contributed by atoms with Crippen LogP contribution in [-0.4, -0.2) is 59.6 Å². The maximum absolute atomic E-state index is 6.55. The van der Waals surface area contributed by atoms with Gasteiger partial charge in [0.1, 0.15) is 11.5 Å². The Kier molecular flexibility index (Phi) is 7.01. The van der Waals surface area contributed by atoms with Crippen LogP contribution in [0.25, 0.3) is 22.2 Å². The van der Waals surface area contributed by atoms with Gasteiger partial charge in [0.05, 0.1) is 32.1 Å². The standard InChI is InChI=1S/C24H37N7OSi/c1-6-17-13-26-8-7-11-31(17)23-19-14-29-30-21(19)12-18(22-24(25)28-10-9-27-22)20(23)15-32-16(2)33(3,4)5/h9-10,12,14,16-17,26H,6-8,11,13,15H2,1-5H3,(H2,25,28)(H,29,30). The van der Waals surface area contributed by atoms with E-state index in [1.165, 1.54) is 5.69 Å². The number of nitrogens with two attached hydrogens (primary N) is 1. The molecule has 8 nitrogen and oxygen atoms in total. The molecule has 2 atom stereocenters. The molecule has 1 aromatic carbocycles. The number of anilines is 2. The van der Waals surface area contributed by atoms with Gasteiger partial charge in [-0.3, -0.25) is 10.1 Å². The van der Waals surface area contributed by atoms with E-state index < -0.39 is 8.07 Å². The molecule has 0 aliphatic carbocycles. The minimum absolute atomic E-state index is 0.213. The number of nitrogen functional groups attached to an aromatic ring is 1. The van der Waals surface area contributed by atoms with Crippen LogP contribution in [0, 0.1) is 0 Å². The summed E-state index contributed by atoms with van der Waals surface area (Å²) in [6.07, 6.45) is 7.40. The molecule has 3 aromatic rings. The normalized spacial score (nSPS) is 18.5. The van der Waals surface area contributed by atoms with E-state index in [0.717, 1.165) is 54.5 Å². The van der Waals surface area contributed by atoms with Gasteiger partial charge in [-0.05, 0) is 32.4 Å². The van der Waals surface area contributed by atoms with Crippen LogP contribution >= 0.6 is 0 Å². The molecular weight excluding hydrogens is 430 g/mol. The number of aromatic amines is 1. The van der Waals surface area contributed by atoms with Gasteiger partial charge in [0, 0.05) is 53.8 Å². The Bertz CT molecular complexity index is 1090. The molecule has 0 bridgehead atoms. The first kappa shape index (κ1) is 23.7. The summed E-state index contributed by atoms with van der Waals surface area (Å²) in [5.74, 6) is 0.423. The second-order valence-electron chi connectivity index (χ2n) is 10.0. The molecule has 1 aliphatic heterocycles. The van der Waals surface area contributed by atoms with Gasteiger partial charge < -0.3 is 20.7 Å². The number of fused-ring (bicyclic) bond motifs is 1. The van der Waals surface area contributed by atoms with Gasteiger partial charge in [-0.1, -0.05) is 26.6 Å². The van der Waals surface area contributed by atoms with Crippen molar-refractivity contribution in [3.8, 4) is 11.3 Å². The molecule has 3 heterocycles. The van der Waals surface area contributed by atoms with E-state index in [9.17, 15) is 0 Å². The van der Waals surface area contributed by atoms with Gasteiger partial charge in [-0.2, -0.15) is 5.10 Å². The van der Waals surface area contributed by atoms with Gasteiger partial charge in [0.2, 0.25) is 0 Å². The zero-order chi connectivity index (χ0) is 23.6. The average molecular weight is 468 g/mol. The Morgan fingerprint density at radius 1 is 1.27 bits per heavy atom. The summed E-state index contributed by atoms with van der Waals surface area (Å²) in [5, 5.41) is 12.3. The van der Waals surface area contributed by atoms with Crippen LogP contribution in [0.3, 0.4) is 0 Å². The highest BCUT2D eigenvalue weighted by molar-refractivity contribution is 6.77. The van der Waals surface area contributed by atoms with Crippen molar-refractivity contribution in [3.63, 3.8) is 0 Å². The smallest absolute Gasteiger partial charge is 0.149 e. The third kappa shape index (κ3) is 4.90. The first-order valence-electron chi connectivity index (χ1n) is 12.0. The lowest BCUT2D eigenvalue weighted by Crippen LogP contribution is -2.40. The second kappa shape index (κ2) is 9.78. The summed E-state index contributed by atoms with van der Waals surface area (Å²) in [6.45, 7) is 14.9. The van der Waals surface area contributed by atoms with Crippen LogP contribution in [0.4, 0.5) is 11.5 Å². The molecular formula is C24H37N7OSi. The summed E-state index contributed by atoms with van der Waals surface area (Å²) in [4.78, 5) is 11.5. The average Bonchev–Trinajstić information content (AvgIpc) is 3.12. The molecule has 9 heteroatoms. The molecule has 4 rings (SSSR count). The fourth-order valence-corrected chi connectivity index (χ4v) is 4.99. The van der Waals surface area contributed by atoms with Crippen LogP contribution in [0.1, 0.15) is 32.3 Å². The molecule has 1 saturated heterocycles. The van der Waals surface area contributed by atoms with E-state index in [2.05, 4.69) is 69.9 Å². The molecule has 0 radical (unpaired) electrons. The number of ether oxygens (including phenoxy) is 1. The van der Waals surface area contributed by atoms with Crippen LogP contribution in [-0.2, 0) is 11.3 Å². The topological polar surface area (TPSA) is 105 Å². The van der Waals surface area contributed by atoms with Gasteiger partial charge in [-0.25, -0.2) is 4.98 Å². The van der Waals surface area contributed by atoms with E-state index in [-0.39, 0.29) is 5.73 Å². The molecule has 1 aliphatic rings. The number of H-pyrrole nitrogens is 1. The minimum Gasteiger partial charge on any atom is -0.382 e. The molecule has 2 unspecified atom stereocenters. The van der Waals surface area contributed by atoms with Crippen molar-refractivity contribution in [2.75, 3.05) is 30.3 Å². The van der Waals surface area contributed by atoms with E-state index in [1.54, 1.807) is 12.4 Å². The third-order valence-electron chi connectivity index (χ3n) is 6.83. The molecule has 0 spiro atoms. The van der Waals surface area contributed by atoms with E-state index in [0.29, 0.717) is 24.2 Å². The summed E-state index contributed by atoms with van der Waals surface area (Å²) < 4.78 is 6.55. The van der Waals surface area contributed by atoms with Gasteiger partial charge >= 0.3 is 0 Å². The lowest BCUT2D eigenvalue weighted by Gasteiger charge is -2.35. The maximum Gasteiger partial charge on any atom is 0.149 e. The molecule has 2 aromatic heterocycles. The first-order chi connectivity index (χ1) is 15.8. The Hall–Kier alpha value is -2.49. The van der Waals surface area contributed by atoms with Crippen LogP contribution in [0.15, 0.2) is 24.7 Å². The highest BCUT2D eigenvalue weighted by atomic mass is 28.3. The number of rotatable bonds is 7. The summed E-state index contributed by atoms with van der Waals surface area (Å²) in [6, 6.07) is 2.48. The fourth-order valence-electron chi connectivity index (χ4n) is 4.41. The number of nitrogens with zero attached hydrogens (tertiary/aromatic N) is 4. The van der Waals surface area contributed by atoms with Crippen molar-refractivity contribution in [1.29, 1.82) is 0 Å². The highest BCUT2D eigenvalue weighted by Crippen LogP contribution is 2.40. The SMILES string of the molecule is CCC1CNCCCN1c1c(COC(C)[Si](C)(C)C)c(-c2nccnc2N)cc2[nH]ncc12.